The monoisotopic (exact) mass is 341 g/mol. The second-order valence-corrected chi connectivity index (χ2v) is 9.60. The van der Waals surface area contributed by atoms with Crippen molar-refractivity contribution in [1.82, 2.24) is 14.7 Å². The molecule has 7 heteroatoms. The van der Waals surface area contributed by atoms with Gasteiger partial charge >= 0.3 is 0 Å². The van der Waals surface area contributed by atoms with Crippen LogP contribution in [0.25, 0.3) is 0 Å². The summed E-state index contributed by atoms with van der Waals surface area (Å²) >= 11 is 0. The molecule has 0 aromatic carbocycles. The third-order valence-corrected chi connectivity index (χ3v) is 5.89. The lowest BCUT2D eigenvalue weighted by molar-refractivity contribution is 0.0694. The predicted molar refractivity (Wildman–Crippen MR) is 90.3 cm³/mol. The fourth-order valence-corrected chi connectivity index (χ4v) is 4.80. The van der Waals surface area contributed by atoms with Crippen molar-refractivity contribution in [3.63, 3.8) is 0 Å². The van der Waals surface area contributed by atoms with Crippen molar-refractivity contribution in [2.45, 2.75) is 52.0 Å². The predicted octanol–water partition coefficient (Wildman–Crippen LogP) is 1.76. The van der Waals surface area contributed by atoms with Crippen molar-refractivity contribution in [3.8, 4) is 0 Å². The second-order valence-electron chi connectivity index (χ2n) is 7.37. The molecule has 1 saturated heterocycles. The summed E-state index contributed by atoms with van der Waals surface area (Å²) in [5.41, 5.74) is 1.09. The van der Waals surface area contributed by atoms with Crippen LogP contribution in [0.2, 0.25) is 0 Å². The van der Waals surface area contributed by atoms with Gasteiger partial charge in [-0.25, -0.2) is 8.42 Å². The molecule has 2 heterocycles. The van der Waals surface area contributed by atoms with E-state index in [1.807, 2.05) is 27.7 Å². The number of carbonyl (C=O) groups is 1. The van der Waals surface area contributed by atoms with Crippen molar-refractivity contribution < 1.29 is 13.2 Å². The van der Waals surface area contributed by atoms with Gasteiger partial charge in [-0.3, -0.25) is 9.48 Å². The average Bonchev–Trinajstić information content (AvgIpc) is 2.97. The highest BCUT2D eigenvalue weighted by Gasteiger charge is 2.36. The van der Waals surface area contributed by atoms with Crippen LogP contribution in [0.15, 0.2) is 6.20 Å². The van der Waals surface area contributed by atoms with Crippen molar-refractivity contribution in [2.75, 3.05) is 18.1 Å². The lowest BCUT2D eigenvalue weighted by atomic mass is 9.89. The van der Waals surface area contributed by atoms with Crippen LogP contribution < -0.4 is 0 Å². The van der Waals surface area contributed by atoms with Gasteiger partial charge in [0.1, 0.15) is 0 Å². The zero-order valence-corrected chi connectivity index (χ0v) is 15.5. The van der Waals surface area contributed by atoms with Crippen molar-refractivity contribution >= 4 is 15.7 Å². The van der Waals surface area contributed by atoms with Crippen LogP contribution in [0.4, 0.5) is 0 Å². The molecule has 23 heavy (non-hydrogen) atoms. The van der Waals surface area contributed by atoms with Crippen LogP contribution >= 0.6 is 0 Å². The summed E-state index contributed by atoms with van der Waals surface area (Å²) in [6.07, 6.45) is 3.07. The molecule has 0 spiro atoms. The van der Waals surface area contributed by atoms with Gasteiger partial charge in [-0.05, 0) is 12.8 Å². The molecule has 130 valence electrons. The van der Waals surface area contributed by atoms with Crippen molar-refractivity contribution in [2.24, 2.45) is 7.05 Å². The molecule has 0 saturated carbocycles. The summed E-state index contributed by atoms with van der Waals surface area (Å²) in [7, 11) is -1.22. The van der Waals surface area contributed by atoms with Crippen molar-refractivity contribution in [1.29, 1.82) is 0 Å². The van der Waals surface area contributed by atoms with Gasteiger partial charge in [0.25, 0.3) is 5.91 Å². The Labute approximate surface area is 138 Å². The number of aromatic nitrogens is 2. The van der Waals surface area contributed by atoms with Crippen LogP contribution in [0.3, 0.4) is 0 Å². The fourth-order valence-electron chi connectivity index (χ4n) is 3.07. The van der Waals surface area contributed by atoms with Crippen LogP contribution in [0.5, 0.6) is 0 Å². The number of aryl methyl sites for hydroxylation is 1. The number of nitrogens with zero attached hydrogens (tertiary/aromatic N) is 3. The summed E-state index contributed by atoms with van der Waals surface area (Å²) in [5, 5.41) is 4.45. The minimum absolute atomic E-state index is 0.0733. The first-order chi connectivity index (χ1) is 10.5. The van der Waals surface area contributed by atoms with E-state index in [-0.39, 0.29) is 28.9 Å². The molecule has 0 bridgehead atoms. The molecular weight excluding hydrogens is 314 g/mol. The third kappa shape index (κ3) is 3.94. The number of rotatable bonds is 4. The molecule has 0 N–H and O–H groups in total. The summed E-state index contributed by atoms with van der Waals surface area (Å²) in [6.45, 7) is 8.64. The van der Waals surface area contributed by atoms with Crippen LogP contribution in [-0.2, 0) is 22.3 Å². The molecule has 2 rings (SSSR count). The molecule has 1 amide bonds. The third-order valence-electron chi connectivity index (χ3n) is 4.14. The van der Waals surface area contributed by atoms with Crippen LogP contribution in [0.1, 0.15) is 56.6 Å². The van der Waals surface area contributed by atoms with Crippen LogP contribution in [-0.4, -0.2) is 53.1 Å². The van der Waals surface area contributed by atoms with Gasteiger partial charge in [0.05, 0.1) is 22.8 Å². The van der Waals surface area contributed by atoms with Gasteiger partial charge in [-0.15, -0.1) is 0 Å². The fraction of sp³-hybridized carbons (Fsp3) is 0.750. The van der Waals surface area contributed by atoms with E-state index in [9.17, 15) is 13.2 Å². The smallest absolute Gasteiger partial charge is 0.257 e. The van der Waals surface area contributed by atoms with Gasteiger partial charge in [0, 0.05) is 31.2 Å². The molecule has 1 aromatic heterocycles. The van der Waals surface area contributed by atoms with Crippen LogP contribution in [0, 0.1) is 0 Å². The number of sulfone groups is 1. The Morgan fingerprint density at radius 2 is 2.09 bits per heavy atom. The Balaban J connectivity index is 2.36. The normalized spacial score (nSPS) is 20.7. The topological polar surface area (TPSA) is 72.3 Å². The van der Waals surface area contributed by atoms with E-state index in [1.54, 1.807) is 22.8 Å². The summed E-state index contributed by atoms with van der Waals surface area (Å²) in [6, 6.07) is -0.222. The highest BCUT2D eigenvalue weighted by atomic mass is 32.2. The maximum Gasteiger partial charge on any atom is 0.257 e. The molecule has 1 fully saturated rings. The number of carbonyl (C=O) groups excluding carboxylic acids is 1. The first-order valence-electron chi connectivity index (χ1n) is 8.10. The summed E-state index contributed by atoms with van der Waals surface area (Å²) < 4.78 is 25.2. The number of hydrogen-bond acceptors (Lipinski definition) is 4. The molecule has 0 radical (unpaired) electrons. The lowest BCUT2D eigenvalue weighted by Gasteiger charge is -2.29. The lowest BCUT2D eigenvalue weighted by Crippen LogP contribution is -2.42. The molecular formula is C16H27N3O3S. The maximum absolute atomic E-state index is 13.1. The molecule has 0 aliphatic carbocycles. The zero-order chi connectivity index (χ0) is 17.4. The first kappa shape index (κ1) is 18.0. The van der Waals surface area contributed by atoms with Gasteiger partial charge < -0.3 is 4.90 Å². The van der Waals surface area contributed by atoms with E-state index in [4.69, 9.17) is 0 Å². The average molecular weight is 341 g/mol. The Morgan fingerprint density at radius 3 is 2.57 bits per heavy atom. The SMILES string of the molecule is CCCN(C(=O)c1cn(C)nc1C(C)(C)C)C1CCS(=O)(=O)C1. The molecule has 1 aliphatic rings. The maximum atomic E-state index is 13.1. The zero-order valence-electron chi connectivity index (χ0n) is 14.7. The highest BCUT2D eigenvalue weighted by molar-refractivity contribution is 7.91. The Morgan fingerprint density at radius 1 is 1.43 bits per heavy atom. The highest BCUT2D eigenvalue weighted by Crippen LogP contribution is 2.27. The largest absolute Gasteiger partial charge is 0.335 e. The standard InChI is InChI=1S/C16H27N3O3S/c1-6-8-19(12-7-9-23(21,22)11-12)15(20)13-10-18(5)17-14(13)16(2,3)4/h10,12H,6-9,11H2,1-5H3. The van der Waals surface area contributed by atoms with E-state index in [0.717, 1.165) is 12.1 Å². The van der Waals surface area contributed by atoms with Gasteiger partial charge in [0.2, 0.25) is 0 Å². The summed E-state index contributed by atoms with van der Waals surface area (Å²) in [4.78, 5) is 14.8. The number of amides is 1. The van der Waals surface area contributed by atoms with E-state index in [1.165, 1.54) is 0 Å². The quantitative estimate of drug-likeness (QED) is 0.836. The molecule has 6 nitrogen and oxygen atoms in total. The Hall–Kier alpha value is -1.37. The minimum atomic E-state index is -3.02. The first-order valence-corrected chi connectivity index (χ1v) is 9.93. The van der Waals surface area contributed by atoms with E-state index < -0.39 is 9.84 Å². The number of hydrogen-bond donors (Lipinski definition) is 0. The molecule has 1 aromatic rings. The van der Waals surface area contributed by atoms with Crippen molar-refractivity contribution in [3.05, 3.63) is 17.5 Å². The Bertz CT molecular complexity index is 686. The van der Waals surface area contributed by atoms with Gasteiger partial charge in [-0.1, -0.05) is 27.7 Å². The minimum Gasteiger partial charge on any atom is -0.335 e. The Kier molecular flexibility index (Phi) is 4.89. The van der Waals surface area contributed by atoms with E-state index in [0.29, 0.717) is 18.5 Å². The van der Waals surface area contributed by atoms with E-state index >= 15 is 0 Å². The molecule has 1 atom stereocenters. The molecule has 1 unspecified atom stereocenters. The van der Waals surface area contributed by atoms with E-state index in [2.05, 4.69) is 5.10 Å². The summed E-state index contributed by atoms with van der Waals surface area (Å²) in [5.74, 6) is 0.140. The van der Waals surface area contributed by atoms with Gasteiger partial charge in [0.15, 0.2) is 9.84 Å². The second kappa shape index (κ2) is 6.26. The molecule has 1 aliphatic heterocycles. The van der Waals surface area contributed by atoms with Gasteiger partial charge in [-0.2, -0.15) is 5.10 Å².